The lowest BCUT2D eigenvalue weighted by atomic mass is 10.1. The van der Waals surface area contributed by atoms with Gasteiger partial charge in [-0.2, -0.15) is 5.26 Å². The first-order valence-corrected chi connectivity index (χ1v) is 5.03. The molecule has 0 saturated heterocycles. The molecule has 1 fully saturated rings. The molecule has 1 aromatic rings. The molecule has 3 nitrogen and oxygen atoms in total. The number of phenols is 1. The van der Waals surface area contributed by atoms with Crippen molar-refractivity contribution < 1.29 is 9.84 Å². The number of nitrogens with zero attached hydrogens (tertiary/aromatic N) is 1. The fourth-order valence-electron chi connectivity index (χ4n) is 1.50. The third kappa shape index (κ3) is 2.41. The topological polar surface area (TPSA) is 53.2 Å². The number of benzene rings is 1. The summed E-state index contributed by atoms with van der Waals surface area (Å²) in [5, 5.41) is 17.7. The Kier molecular flexibility index (Phi) is 2.51. The second-order valence-electron chi connectivity index (χ2n) is 4.12. The highest BCUT2D eigenvalue weighted by molar-refractivity contribution is 5.30. The van der Waals surface area contributed by atoms with Crippen molar-refractivity contribution in [2.75, 3.05) is 6.61 Å². The van der Waals surface area contributed by atoms with Gasteiger partial charge in [0.15, 0.2) is 0 Å². The minimum Gasteiger partial charge on any atom is -0.508 e. The van der Waals surface area contributed by atoms with Crippen LogP contribution in [0.15, 0.2) is 24.3 Å². The fourth-order valence-corrected chi connectivity index (χ4v) is 1.50. The van der Waals surface area contributed by atoms with Gasteiger partial charge in [-0.15, -0.1) is 0 Å². The van der Waals surface area contributed by atoms with Crippen LogP contribution in [0.1, 0.15) is 19.3 Å². The molecule has 1 N–H and O–H groups in total. The van der Waals surface area contributed by atoms with E-state index in [9.17, 15) is 0 Å². The van der Waals surface area contributed by atoms with Crippen molar-refractivity contribution in [3.63, 3.8) is 0 Å². The molecule has 0 heterocycles. The molecule has 0 bridgehead atoms. The molecule has 1 aliphatic carbocycles. The van der Waals surface area contributed by atoms with E-state index in [-0.39, 0.29) is 11.2 Å². The molecule has 0 unspecified atom stereocenters. The van der Waals surface area contributed by atoms with E-state index in [0.29, 0.717) is 13.0 Å². The average molecular weight is 203 g/mol. The minimum atomic E-state index is 0.104. The number of nitriles is 1. The van der Waals surface area contributed by atoms with Gasteiger partial charge in [0.05, 0.1) is 12.7 Å². The van der Waals surface area contributed by atoms with Crippen molar-refractivity contribution >= 4 is 0 Å². The molecule has 0 amide bonds. The summed E-state index contributed by atoms with van der Waals surface area (Å²) in [6.07, 6.45) is 2.74. The van der Waals surface area contributed by atoms with Crippen LogP contribution in [0.25, 0.3) is 0 Å². The fraction of sp³-hybridized carbons (Fsp3) is 0.417. The third-order valence-electron chi connectivity index (χ3n) is 2.79. The van der Waals surface area contributed by atoms with Crippen LogP contribution in [0.4, 0.5) is 0 Å². The summed E-state index contributed by atoms with van der Waals surface area (Å²) in [7, 11) is 0. The van der Waals surface area contributed by atoms with E-state index in [1.807, 2.05) is 0 Å². The summed E-state index contributed by atoms with van der Waals surface area (Å²) in [6.45, 7) is 0.603. The van der Waals surface area contributed by atoms with Gasteiger partial charge < -0.3 is 9.84 Å². The molecule has 0 aliphatic heterocycles. The Morgan fingerprint density at radius 2 is 2.00 bits per heavy atom. The Morgan fingerprint density at radius 1 is 1.33 bits per heavy atom. The van der Waals surface area contributed by atoms with Crippen LogP contribution in [-0.2, 0) is 0 Å². The van der Waals surface area contributed by atoms with Gasteiger partial charge >= 0.3 is 0 Å². The second-order valence-corrected chi connectivity index (χ2v) is 4.12. The van der Waals surface area contributed by atoms with Gasteiger partial charge in [0.25, 0.3) is 0 Å². The van der Waals surface area contributed by atoms with Gasteiger partial charge in [0.2, 0.25) is 0 Å². The van der Waals surface area contributed by atoms with E-state index < -0.39 is 0 Å². The monoisotopic (exact) mass is 203 g/mol. The maximum atomic E-state index is 9.08. The molecule has 0 radical (unpaired) electrons. The normalized spacial score (nSPS) is 16.7. The highest BCUT2D eigenvalue weighted by Gasteiger charge is 2.43. The molecule has 15 heavy (non-hydrogen) atoms. The molecular formula is C12H13NO2. The quantitative estimate of drug-likeness (QED) is 0.817. The van der Waals surface area contributed by atoms with Gasteiger partial charge in [0.1, 0.15) is 11.5 Å². The van der Waals surface area contributed by atoms with Crippen molar-refractivity contribution in [2.45, 2.75) is 19.3 Å². The lowest BCUT2D eigenvalue weighted by Gasteiger charge is -2.12. The highest BCUT2D eigenvalue weighted by atomic mass is 16.5. The van der Waals surface area contributed by atoms with Crippen LogP contribution in [-0.4, -0.2) is 11.7 Å². The summed E-state index contributed by atoms with van der Waals surface area (Å²) < 4.78 is 5.58. The molecule has 2 rings (SSSR count). The average Bonchev–Trinajstić information content (AvgIpc) is 2.99. The van der Waals surface area contributed by atoms with Crippen molar-refractivity contribution in [1.29, 1.82) is 5.26 Å². The predicted octanol–water partition coefficient (Wildman–Crippen LogP) is 2.46. The van der Waals surface area contributed by atoms with Gasteiger partial charge in [-0.3, -0.25) is 0 Å². The first-order valence-electron chi connectivity index (χ1n) is 5.03. The van der Waals surface area contributed by atoms with Crippen LogP contribution in [0.3, 0.4) is 0 Å². The van der Waals surface area contributed by atoms with E-state index in [1.165, 1.54) is 0 Å². The molecule has 0 spiro atoms. The Bertz CT molecular complexity index is 374. The SMILES string of the molecule is N#CCC1(COc2ccc(O)cc2)CC1. The standard InChI is InChI=1S/C12H13NO2/c13-8-7-12(5-6-12)9-15-11-3-1-10(14)2-4-11/h1-4,14H,5-7,9H2. The number of hydrogen-bond donors (Lipinski definition) is 1. The van der Waals surface area contributed by atoms with E-state index in [2.05, 4.69) is 6.07 Å². The molecule has 1 aromatic carbocycles. The third-order valence-corrected chi connectivity index (χ3v) is 2.79. The number of rotatable bonds is 4. The first kappa shape index (κ1) is 9.85. The van der Waals surface area contributed by atoms with Gasteiger partial charge in [-0.25, -0.2) is 0 Å². The molecule has 78 valence electrons. The van der Waals surface area contributed by atoms with Crippen LogP contribution >= 0.6 is 0 Å². The zero-order valence-corrected chi connectivity index (χ0v) is 8.44. The lowest BCUT2D eigenvalue weighted by molar-refractivity contribution is 0.236. The zero-order valence-electron chi connectivity index (χ0n) is 8.44. The molecule has 1 saturated carbocycles. The van der Waals surface area contributed by atoms with E-state index in [1.54, 1.807) is 24.3 Å². The number of hydrogen-bond acceptors (Lipinski definition) is 3. The Morgan fingerprint density at radius 3 is 2.53 bits per heavy atom. The van der Waals surface area contributed by atoms with Crippen LogP contribution in [0.5, 0.6) is 11.5 Å². The van der Waals surface area contributed by atoms with Crippen LogP contribution < -0.4 is 4.74 Å². The van der Waals surface area contributed by atoms with Crippen molar-refractivity contribution in [2.24, 2.45) is 5.41 Å². The molecular weight excluding hydrogens is 190 g/mol. The Hall–Kier alpha value is -1.69. The Balaban J connectivity index is 1.88. The summed E-state index contributed by atoms with van der Waals surface area (Å²) >= 11 is 0. The zero-order chi connectivity index (χ0) is 10.7. The largest absolute Gasteiger partial charge is 0.508 e. The number of ether oxygens (including phenoxy) is 1. The van der Waals surface area contributed by atoms with E-state index in [4.69, 9.17) is 15.1 Å². The summed E-state index contributed by atoms with van der Waals surface area (Å²) in [6, 6.07) is 8.86. The first-order chi connectivity index (χ1) is 7.24. The van der Waals surface area contributed by atoms with Gasteiger partial charge in [0, 0.05) is 11.8 Å². The molecule has 3 heteroatoms. The van der Waals surface area contributed by atoms with Crippen molar-refractivity contribution in [1.82, 2.24) is 0 Å². The second kappa shape index (κ2) is 3.82. The minimum absolute atomic E-state index is 0.104. The maximum Gasteiger partial charge on any atom is 0.119 e. The van der Waals surface area contributed by atoms with Crippen molar-refractivity contribution in [3.05, 3.63) is 24.3 Å². The van der Waals surface area contributed by atoms with Crippen molar-refractivity contribution in [3.8, 4) is 17.6 Å². The highest BCUT2D eigenvalue weighted by Crippen LogP contribution is 2.48. The molecule has 0 atom stereocenters. The van der Waals surface area contributed by atoms with E-state index in [0.717, 1.165) is 18.6 Å². The number of phenolic OH excluding ortho intramolecular Hbond substituents is 1. The van der Waals surface area contributed by atoms with E-state index >= 15 is 0 Å². The maximum absolute atomic E-state index is 9.08. The molecule has 0 aromatic heterocycles. The summed E-state index contributed by atoms with van der Waals surface area (Å²) in [5.74, 6) is 0.984. The van der Waals surface area contributed by atoms with Crippen LogP contribution in [0, 0.1) is 16.7 Å². The van der Waals surface area contributed by atoms with Gasteiger partial charge in [-0.05, 0) is 37.1 Å². The predicted molar refractivity (Wildman–Crippen MR) is 55.5 cm³/mol. The van der Waals surface area contributed by atoms with Crippen LogP contribution in [0.2, 0.25) is 0 Å². The van der Waals surface area contributed by atoms with Gasteiger partial charge in [-0.1, -0.05) is 0 Å². The lowest BCUT2D eigenvalue weighted by Crippen LogP contribution is -2.12. The number of aromatic hydroxyl groups is 1. The summed E-state index contributed by atoms with van der Waals surface area (Å²) in [4.78, 5) is 0. The smallest absolute Gasteiger partial charge is 0.119 e. The Labute approximate surface area is 88.9 Å². The summed E-state index contributed by atoms with van der Waals surface area (Å²) in [5.41, 5.74) is 0.104. The molecule has 1 aliphatic rings.